The molecule has 2 aromatic rings. The molecule has 1 heterocycles. The summed E-state index contributed by atoms with van der Waals surface area (Å²) in [6.07, 6.45) is 2.84. The predicted octanol–water partition coefficient (Wildman–Crippen LogP) is 2.42. The summed E-state index contributed by atoms with van der Waals surface area (Å²) >= 11 is 1.75. The number of hydrogen-bond donors (Lipinski definition) is 2. The Hall–Kier alpha value is -1.92. The summed E-state index contributed by atoms with van der Waals surface area (Å²) in [5.41, 5.74) is 2.63. The summed E-state index contributed by atoms with van der Waals surface area (Å²) in [5.74, 6) is 0.822. The standard InChI is InChI=1S/C18H27N5S/c1-14-11-21-17(24-14)9-10-20-18(19-2)22-12-15-7-5-6-8-16(15)13-23(3)4/h5-8,11H,9-10,12-13H2,1-4H3,(H2,19,20,22). The molecule has 6 heteroatoms. The van der Waals surface area contributed by atoms with E-state index >= 15 is 0 Å². The molecule has 0 radical (unpaired) electrons. The Bertz CT molecular complexity index is 663. The van der Waals surface area contributed by atoms with Gasteiger partial charge in [0.1, 0.15) is 0 Å². The summed E-state index contributed by atoms with van der Waals surface area (Å²) in [5, 5.41) is 7.91. The summed E-state index contributed by atoms with van der Waals surface area (Å²) in [7, 11) is 5.98. The Labute approximate surface area is 148 Å². The van der Waals surface area contributed by atoms with Gasteiger partial charge in [-0.2, -0.15) is 0 Å². The third-order valence-electron chi connectivity index (χ3n) is 3.58. The van der Waals surface area contributed by atoms with Crippen LogP contribution >= 0.6 is 11.3 Å². The third kappa shape index (κ3) is 5.94. The number of aliphatic imine (C=N–C) groups is 1. The molecule has 0 aliphatic heterocycles. The number of benzene rings is 1. The van der Waals surface area contributed by atoms with Gasteiger partial charge in [0, 0.05) is 44.2 Å². The number of rotatable bonds is 7. The van der Waals surface area contributed by atoms with Crippen molar-refractivity contribution in [2.24, 2.45) is 4.99 Å². The van der Waals surface area contributed by atoms with E-state index in [1.165, 1.54) is 16.0 Å². The van der Waals surface area contributed by atoms with Crippen LogP contribution in [0.2, 0.25) is 0 Å². The Morgan fingerprint density at radius 1 is 1.21 bits per heavy atom. The van der Waals surface area contributed by atoms with Crippen molar-refractivity contribution in [3.63, 3.8) is 0 Å². The van der Waals surface area contributed by atoms with Crippen LogP contribution in [0.4, 0.5) is 0 Å². The highest BCUT2D eigenvalue weighted by Crippen LogP contribution is 2.11. The summed E-state index contributed by atoms with van der Waals surface area (Å²) in [6, 6.07) is 8.51. The quantitative estimate of drug-likeness (QED) is 0.598. The van der Waals surface area contributed by atoms with Crippen LogP contribution in [0.5, 0.6) is 0 Å². The van der Waals surface area contributed by atoms with Gasteiger partial charge in [0.25, 0.3) is 0 Å². The minimum Gasteiger partial charge on any atom is -0.356 e. The van der Waals surface area contributed by atoms with Crippen LogP contribution < -0.4 is 10.6 Å². The lowest BCUT2D eigenvalue weighted by Gasteiger charge is -2.16. The maximum Gasteiger partial charge on any atom is 0.191 e. The fraction of sp³-hybridized carbons (Fsp3) is 0.444. The molecule has 0 saturated carbocycles. The molecule has 130 valence electrons. The molecular weight excluding hydrogens is 318 g/mol. The van der Waals surface area contributed by atoms with E-state index in [1.807, 2.05) is 6.20 Å². The van der Waals surface area contributed by atoms with Gasteiger partial charge in [-0.15, -0.1) is 11.3 Å². The highest BCUT2D eigenvalue weighted by molar-refractivity contribution is 7.11. The van der Waals surface area contributed by atoms with Gasteiger partial charge in [-0.05, 0) is 32.1 Å². The molecule has 0 bridgehead atoms. The molecule has 0 atom stereocenters. The van der Waals surface area contributed by atoms with E-state index in [2.05, 4.69) is 70.8 Å². The van der Waals surface area contributed by atoms with Crippen molar-refractivity contribution < 1.29 is 0 Å². The minimum atomic E-state index is 0.764. The molecule has 2 N–H and O–H groups in total. The molecule has 2 rings (SSSR count). The minimum absolute atomic E-state index is 0.764. The molecule has 0 aliphatic rings. The zero-order valence-corrected chi connectivity index (χ0v) is 15.8. The average molecular weight is 346 g/mol. The van der Waals surface area contributed by atoms with Gasteiger partial charge in [-0.1, -0.05) is 24.3 Å². The average Bonchev–Trinajstić information content (AvgIpc) is 2.97. The first-order valence-corrected chi connectivity index (χ1v) is 8.97. The van der Waals surface area contributed by atoms with Gasteiger partial charge >= 0.3 is 0 Å². The molecule has 1 aromatic heterocycles. The third-order valence-corrected chi connectivity index (χ3v) is 4.55. The number of aryl methyl sites for hydroxylation is 1. The maximum absolute atomic E-state index is 4.38. The monoisotopic (exact) mass is 345 g/mol. The van der Waals surface area contributed by atoms with E-state index in [9.17, 15) is 0 Å². The SMILES string of the molecule is CN=C(NCCc1ncc(C)s1)NCc1ccccc1CN(C)C. The van der Waals surface area contributed by atoms with E-state index in [0.717, 1.165) is 37.0 Å². The second-order valence-electron chi connectivity index (χ2n) is 5.97. The van der Waals surface area contributed by atoms with Crippen LogP contribution in [-0.2, 0) is 19.5 Å². The topological polar surface area (TPSA) is 52.6 Å². The molecule has 0 aliphatic carbocycles. The molecule has 24 heavy (non-hydrogen) atoms. The van der Waals surface area contributed by atoms with Gasteiger partial charge in [0.2, 0.25) is 0 Å². The van der Waals surface area contributed by atoms with Crippen LogP contribution in [0.25, 0.3) is 0 Å². The summed E-state index contributed by atoms with van der Waals surface area (Å²) in [6.45, 7) is 4.61. The fourth-order valence-corrected chi connectivity index (χ4v) is 3.22. The van der Waals surface area contributed by atoms with Gasteiger partial charge in [0.05, 0.1) is 5.01 Å². The number of hydrogen-bond acceptors (Lipinski definition) is 4. The maximum atomic E-state index is 4.38. The molecule has 0 unspecified atom stereocenters. The molecule has 0 saturated heterocycles. The van der Waals surface area contributed by atoms with Crippen LogP contribution in [-0.4, -0.2) is 43.5 Å². The first kappa shape index (κ1) is 18.4. The number of aromatic nitrogens is 1. The van der Waals surface area contributed by atoms with E-state index in [4.69, 9.17) is 0 Å². The van der Waals surface area contributed by atoms with Crippen molar-refractivity contribution in [2.75, 3.05) is 27.7 Å². The first-order chi connectivity index (χ1) is 11.6. The van der Waals surface area contributed by atoms with E-state index < -0.39 is 0 Å². The second kappa shape index (κ2) is 9.39. The Morgan fingerprint density at radius 2 is 1.96 bits per heavy atom. The highest BCUT2D eigenvalue weighted by Gasteiger charge is 2.05. The van der Waals surface area contributed by atoms with E-state index in [1.54, 1.807) is 18.4 Å². The Kier molecular flexibility index (Phi) is 7.21. The van der Waals surface area contributed by atoms with Gasteiger partial charge < -0.3 is 15.5 Å². The number of guanidine groups is 1. The first-order valence-electron chi connectivity index (χ1n) is 8.16. The predicted molar refractivity (Wildman–Crippen MR) is 103 cm³/mol. The van der Waals surface area contributed by atoms with Crippen molar-refractivity contribution in [3.8, 4) is 0 Å². The van der Waals surface area contributed by atoms with Gasteiger partial charge in [-0.25, -0.2) is 4.98 Å². The zero-order valence-electron chi connectivity index (χ0n) is 15.0. The summed E-state index contributed by atoms with van der Waals surface area (Å²) < 4.78 is 0. The van der Waals surface area contributed by atoms with Crippen LogP contribution in [0.15, 0.2) is 35.5 Å². The lowest BCUT2D eigenvalue weighted by molar-refractivity contribution is 0.400. The van der Waals surface area contributed by atoms with Crippen LogP contribution in [0.3, 0.4) is 0 Å². The Morgan fingerprint density at radius 3 is 2.58 bits per heavy atom. The number of thiazole rings is 1. The number of nitrogens with zero attached hydrogens (tertiary/aromatic N) is 3. The van der Waals surface area contributed by atoms with Crippen molar-refractivity contribution in [2.45, 2.75) is 26.4 Å². The number of nitrogens with one attached hydrogen (secondary N) is 2. The van der Waals surface area contributed by atoms with Crippen LogP contribution in [0, 0.1) is 6.92 Å². The normalized spacial score (nSPS) is 11.8. The smallest absolute Gasteiger partial charge is 0.191 e. The van der Waals surface area contributed by atoms with Gasteiger partial charge in [-0.3, -0.25) is 4.99 Å². The van der Waals surface area contributed by atoms with E-state index in [-0.39, 0.29) is 0 Å². The van der Waals surface area contributed by atoms with E-state index in [0.29, 0.717) is 0 Å². The van der Waals surface area contributed by atoms with Crippen molar-refractivity contribution in [1.82, 2.24) is 20.5 Å². The lowest BCUT2D eigenvalue weighted by atomic mass is 10.1. The second-order valence-corrected chi connectivity index (χ2v) is 7.29. The molecule has 0 spiro atoms. The van der Waals surface area contributed by atoms with Crippen molar-refractivity contribution in [3.05, 3.63) is 51.5 Å². The molecule has 1 aromatic carbocycles. The molecule has 5 nitrogen and oxygen atoms in total. The summed E-state index contributed by atoms with van der Waals surface area (Å²) in [4.78, 5) is 12.1. The highest BCUT2D eigenvalue weighted by atomic mass is 32.1. The largest absolute Gasteiger partial charge is 0.356 e. The van der Waals surface area contributed by atoms with Crippen molar-refractivity contribution >= 4 is 17.3 Å². The molecular formula is C18H27N5S. The Balaban J connectivity index is 1.83. The zero-order chi connectivity index (χ0) is 17.4. The molecule has 0 amide bonds. The van der Waals surface area contributed by atoms with Gasteiger partial charge in [0.15, 0.2) is 5.96 Å². The molecule has 0 fully saturated rings. The lowest BCUT2D eigenvalue weighted by Crippen LogP contribution is -2.38. The van der Waals surface area contributed by atoms with Crippen LogP contribution in [0.1, 0.15) is 21.0 Å². The van der Waals surface area contributed by atoms with Crippen molar-refractivity contribution in [1.29, 1.82) is 0 Å². The fourth-order valence-electron chi connectivity index (χ4n) is 2.43.